The lowest BCUT2D eigenvalue weighted by molar-refractivity contribution is 0.179. The van der Waals surface area contributed by atoms with Crippen molar-refractivity contribution < 1.29 is 9.13 Å². The van der Waals surface area contributed by atoms with E-state index in [1.807, 2.05) is 13.8 Å². The maximum atomic E-state index is 13.7. The second-order valence-electron chi connectivity index (χ2n) is 4.00. The second-order valence-corrected chi connectivity index (χ2v) is 4.39. The highest BCUT2D eigenvalue weighted by atomic mass is 32.1. The smallest absolute Gasteiger partial charge is 0.173 e. The highest BCUT2D eigenvalue weighted by molar-refractivity contribution is 7.80. The van der Waals surface area contributed by atoms with E-state index >= 15 is 0 Å². The first-order valence-electron chi connectivity index (χ1n) is 5.91. The SMILES string of the molecule is CCN(C(=S)NC(C)COC)c1ccccc1F. The number of thiocarbonyl (C=S) groups is 1. The number of methoxy groups -OCH3 is 1. The zero-order valence-electron chi connectivity index (χ0n) is 10.9. The van der Waals surface area contributed by atoms with Crippen LogP contribution in [0.2, 0.25) is 0 Å². The number of hydrogen-bond acceptors (Lipinski definition) is 2. The molecule has 3 nitrogen and oxygen atoms in total. The van der Waals surface area contributed by atoms with Crippen LogP contribution in [0.4, 0.5) is 10.1 Å². The average molecular weight is 270 g/mol. The van der Waals surface area contributed by atoms with Crippen LogP contribution in [-0.4, -0.2) is 31.4 Å². The van der Waals surface area contributed by atoms with Crippen LogP contribution in [0, 0.1) is 5.82 Å². The molecular formula is C13H19FN2OS. The predicted molar refractivity (Wildman–Crippen MR) is 76.5 cm³/mol. The topological polar surface area (TPSA) is 24.5 Å². The molecule has 1 aromatic carbocycles. The van der Waals surface area contributed by atoms with Gasteiger partial charge in [0.25, 0.3) is 0 Å². The summed E-state index contributed by atoms with van der Waals surface area (Å²) in [7, 11) is 1.63. The number of anilines is 1. The highest BCUT2D eigenvalue weighted by Crippen LogP contribution is 2.18. The summed E-state index contributed by atoms with van der Waals surface area (Å²) in [5, 5.41) is 3.63. The van der Waals surface area contributed by atoms with Crippen molar-refractivity contribution in [1.29, 1.82) is 0 Å². The molecule has 0 heterocycles. The summed E-state index contributed by atoms with van der Waals surface area (Å²) in [6, 6.07) is 6.69. The van der Waals surface area contributed by atoms with Crippen molar-refractivity contribution in [2.75, 3.05) is 25.2 Å². The quantitative estimate of drug-likeness (QED) is 0.831. The minimum absolute atomic E-state index is 0.0864. The Morgan fingerprint density at radius 3 is 2.72 bits per heavy atom. The van der Waals surface area contributed by atoms with Gasteiger partial charge in [0.15, 0.2) is 5.11 Å². The van der Waals surface area contributed by atoms with E-state index < -0.39 is 0 Å². The molecule has 0 bridgehead atoms. The van der Waals surface area contributed by atoms with Gasteiger partial charge in [-0.25, -0.2) is 4.39 Å². The zero-order valence-corrected chi connectivity index (χ0v) is 11.8. The molecule has 1 atom stereocenters. The Labute approximate surface area is 113 Å². The van der Waals surface area contributed by atoms with Crippen molar-refractivity contribution in [3.63, 3.8) is 0 Å². The molecule has 0 saturated heterocycles. The fourth-order valence-corrected chi connectivity index (χ4v) is 2.10. The summed E-state index contributed by atoms with van der Waals surface area (Å²) < 4.78 is 18.8. The normalized spacial score (nSPS) is 12.0. The molecule has 0 radical (unpaired) electrons. The monoisotopic (exact) mass is 270 g/mol. The molecule has 0 saturated carbocycles. The molecule has 1 N–H and O–H groups in total. The van der Waals surface area contributed by atoms with Gasteiger partial charge in [0, 0.05) is 19.7 Å². The second kappa shape index (κ2) is 7.28. The van der Waals surface area contributed by atoms with Gasteiger partial charge in [-0.3, -0.25) is 0 Å². The average Bonchev–Trinajstić information content (AvgIpc) is 2.32. The predicted octanol–water partition coefficient (Wildman–Crippen LogP) is 2.56. The van der Waals surface area contributed by atoms with Crippen molar-refractivity contribution in [1.82, 2.24) is 5.32 Å². The van der Waals surface area contributed by atoms with E-state index in [4.69, 9.17) is 17.0 Å². The van der Waals surface area contributed by atoms with Crippen LogP contribution in [0.3, 0.4) is 0 Å². The van der Waals surface area contributed by atoms with Crippen LogP contribution >= 0.6 is 12.2 Å². The summed E-state index contributed by atoms with van der Waals surface area (Å²) in [5.74, 6) is -0.275. The molecule has 0 aliphatic carbocycles. The third kappa shape index (κ3) is 3.92. The number of benzene rings is 1. The number of nitrogens with zero attached hydrogens (tertiary/aromatic N) is 1. The lowest BCUT2D eigenvalue weighted by Gasteiger charge is -2.27. The lowest BCUT2D eigenvalue weighted by atomic mass is 10.3. The van der Waals surface area contributed by atoms with Crippen LogP contribution in [0.1, 0.15) is 13.8 Å². The summed E-state index contributed by atoms with van der Waals surface area (Å²) >= 11 is 5.30. The zero-order chi connectivity index (χ0) is 13.5. The van der Waals surface area contributed by atoms with Gasteiger partial charge in [0.1, 0.15) is 5.82 Å². The molecular weight excluding hydrogens is 251 g/mol. The largest absolute Gasteiger partial charge is 0.383 e. The summed E-state index contributed by atoms with van der Waals surface area (Å²) in [6.07, 6.45) is 0. The van der Waals surface area contributed by atoms with E-state index in [-0.39, 0.29) is 11.9 Å². The van der Waals surface area contributed by atoms with Gasteiger partial charge in [0.05, 0.1) is 12.3 Å². The van der Waals surface area contributed by atoms with E-state index in [0.717, 1.165) is 0 Å². The molecule has 0 aromatic heterocycles. The molecule has 1 rings (SSSR count). The molecule has 0 amide bonds. The standard InChI is InChI=1S/C13H19FN2OS/c1-4-16(12-8-6-5-7-11(12)14)13(18)15-10(2)9-17-3/h5-8,10H,4,9H2,1-3H3,(H,15,18). The van der Waals surface area contributed by atoms with Crippen LogP contribution in [0.25, 0.3) is 0 Å². The number of hydrogen-bond donors (Lipinski definition) is 1. The molecule has 1 aromatic rings. The van der Waals surface area contributed by atoms with Crippen LogP contribution in [0.15, 0.2) is 24.3 Å². The number of ether oxygens (including phenoxy) is 1. The maximum Gasteiger partial charge on any atom is 0.173 e. The molecule has 5 heteroatoms. The van der Waals surface area contributed by atoms with Crippen molar-refractivity contribution in [3.05, 3.63) is 30.1 Å². The summed E-state index contributed by atoms with van der Waals surface area (Å²) in [5.41, 5.74) is 0.488. The third-order valence-corrected chi connectivity index (χ3v) is 2.83. The van der Waals surface area contributed by atoms with Gasteiger partial charge < -0.3 is 15.0 Å². The fourth-order valence-electron chi connectivity index (χ4n) is 1.67. The first kappa shape index (κ1) is 14.9. The Morgan fingerprint density at radius 2 is 2.17 bits per heavy atom. The molecule has 0 aliphatic rings. The molecule has 1 unspecified atom stereocenters. The maximum absolute atomic E-state index is 13.7. The van der Waals surface area contributed by atoms with Gasteiger partial charge in [-0.05, 0) is 38.2 Å². The Balaban J connectivity index is 2.78. The van der Waals surface area contributed by atoms with Crippen LogP contribution < -0.4 is 10.2 Å². The molecule has 100 valence electrons. The Bertz CT molecular complexity index is 400. The number of halogens is 1. The first-order chi connectivity index (χ1) is 8.60. The lowest BCUT2D eigenvalue weighted by Crippen LogP contribution is -2.45. The highest BCUT2D eigenvalue weighted by Gasteiger charge is 2.15. The number of rotatable bonds is 5. The minimum Gasteiger partial charge on any atom is -0.383 e. The molecule has 0 fully saturated rings. The Kier molecular flexibility index (Phi) is 6.01. The third-order valence-electron chi connectivity index (χ3n) is 2.49. The number of nitrogens with one attached hydrogen (secondary N) is 1. The first-order valence-corrected chi connectivity index (χ1v) is 6.32. The molecule has 0 aliphatic heterocycles. The van der Waals surface area contributed by atoms with Gasteiger partial charge in [-0.15, -0.1) is 0 Å². The van der Waals surface area contributed by atoms with Gasteiger partial charge in [0.2, 0.25) is 0 Å². The van der Waals surface area contributed by atoms with E-state index in [1.54, 1.807) is 30.2 Å². The van der Waals surface area contributed by atoms with Crippen molar-refractivity contribution in [3.8, 4) is 0 Å². The fraction of sp³-hybridized carbons (Fsp3) is 0.462. The van der Waals surface area contributed by atoms with Gasteiger partial charge in [-0.1, -0.05) is 12.1 Å². The molecule has 18 heavy (non-hydrogen) atoms. The minimum atomic E-state index is -0.275. The van der Waals surface area contributed by atoms with E-state index in [0.29, 0.717) is 24.0 Å². The van der Waals surface area contributed by atoms with E-state index in [2.05, 4.69) is 5.32 Å². The van der Waals surface area contributed by atoms with Crippen molar-refractivity contribution >= 4 is 23.0 Å². The van der Waals surface area contributed by atoms with E-state index in [9.17, 15) is 4.39 Å². The summed E-state index contributed by atoms with van der Waals surface area (Å²) in [4.78, 5) is 1.73. The van der Waals surface area contributed by atoms with Crippen molar-refractivity contribution in [2.24, 2.45) is 0 Å². The van der Waals surface area contributed by atoms with Gasteiger partial charge in [-0.2, -0.15) is 0 Å². The van der Waals surface area contributed by atoms with Crippen LogP contribution in [0.5, 0.6) is 0 Å². The van der Waals surface area contributed by atoms with Gasteiger partial charge >= 0.3 is 0 Å². The Hall–Kier alpha value is -1.20. The van der Waals surface area contributed by atoms with Crippen molar-refractivity contribution in [2.45, 2.75) is 19.9 Å². The Morgan fingerprint density at radius 1 is 1.50 bits per heavy atom. The van der Waals surface area contributed by atoms with E-state index in [1.165, 1.54) is 6.07 Å². The van der Waals surface area contributed by atoms with Crippen LogP contribution in [-0.2, 0) is 4.74 Å². The number of para-hydroxylation sites is 1. The summed E-state index contributed by atoms with van der Waals surface area (Å²) in [6.45, 7) is 5.05. The molecule has 0 spiro atoms.